The molecule has 96 valence electrons. The zero-order chi connectivity index (χ0) is 13.3. The molecule has 1 atom stereocenters. The van der Waals surface area contributed by atoms with Gasteiger partial charge in [-0.2, -0.15) is 0 Å². The zero-order valence-electron chi connectivity index (χ0n) is 10.5. The van der Waals surface area contributed by atoms with E-state index in [0.717, 1.165) is 5.56 Å². The third-order valence-corrected chi connectivity index (χ3v) is 2.66. The van der Waals surface area contributed by atoms with Crippen molar-refractivity contribution in [2.75, 3.05) is 0 Å². The first-order chi connectivity index (χ1) is 8.38. The number of nitrogens with one attached hydrogen (secondary N) is 1. The number of benzene rings is 1. The van der Waals surface area contributed by atoms with Gasteiger partial charge < -0.3 is 4.84 Å². The molecule has 0 fully saturated rings. The van der Waals surface area contributed by atoms with Gasteiger partial charge in [-0.3, -0.25) is 4.79 Å². The number of nitrogens with zero attached hydrogens (tertiary/aromatic N) is 1. The van der Waals surface area contributed by atoms with Gasteiger partial charge in [0.2, 0.25) is 5.90 Å². The molecule has 1 unspecified atom stereocenters. The first-order valence-electron chi connectivity index (χ1n) is 5.68. The third-order valence-electron chi connectivity index (χ3n) is 2.66. The Balaban J connectivity index is 2.19. The van der Waals surface area contributed by atoms with Gasteiger partial charge in [0.1, 0.15) is 0 Å². The van der Waals surface area contributed by atoms with Crippen LogP contribution in [-0.2, 0) is 4.84 Å². The second kappa shape index (κ2) is 4.49. The van der Waals surface area contributed by atoms with Gasteiger partial charge in [0.05, 0.1) is 0 Å². The first kappa shape index (κ1) is 12.7. The number of ketones is 1. The maximum Gasteiger partial charge on any atom is 0.248 e. The quantitative estimate of drug-likeness (QED) is 0.839. The number of Topliss-reactive ketones (excluding diaryl/α,β-unsaturated/α-hetero) is 1. The Bertz CT molecular complexity index is 489. The summed E-state index contributed by atoms with van der Waals surface area (Å²) in [6, 6.07) is 6.98. The van der Waals surface area contributed by atoms with E-state index in [9.17, 15) is 9.18 Å². The molecule has 0 spiro atoms. The SMILES string of the molecule is CC(=O)c1ccc(C2N=C(C(C)(C)F)ON2)cc1. The van der Waals surface area contributed by atoms with Gasteiger partial charge in [0.25, 0.3) is 0 Å². The lowest BCUT2D eigenvalue weighted by Gasteiger charge is -2.11. The molecule has 1 aromatic rings. The van der Waals surface area contributed by atoms with Crippen molar-refractivity contribution in [1.82, 2.24) is 5.48 Å². The Kier molecular flexibility index (Phi) is 3.17. The van der Waals surface area contributed by atoms with Crippen LogP contribution in [0, 0.1) is 0 Å². The van der Waals surface area contributed by atoms with Crippen LogP contribution < -0.4 is 5.48 Å². The molecule has 1 N–H and O–H groups in total. The fraction of sp³-hybridized carbons (Fsp3) is 0.385. The highest BCUT2D eigenvalue weighted by Gasteiger charge is 2.32. The number of carbonyl (C=O) groups excluding carboxylic acids is 1. The smallest absolute Gasteiger partial charge is 0.248 e. The first-order valence-corrected chi connectivity index (χ1v) is 5.68. The number of hydrogen-bond donors (Lipinski definition) is 1. The number of carbonyl (C=O) groups is 1. The molecule has 0 radical (unpaired) electrons. The lowest BCUT2D eigenvalue weighted by molar-refractivity contribution is 0.101. The molecule has 4 nitrogen and oxygen atoms in total. The van der Waals surface area contributed by atoms with Crippen LogP contribution in [0.2, 0.25) is 0 Å². The van der Waals surface area contributed by atoms with Crippen molar-refractivity contribution in [3.63, 3.8) is 0 Å². The van der Waals surface area contributed by atoms with E-state index in [-0.39, 0.29) is 11.7 Å². The van der Waals surface area contributed by atoms with Crippen LogP contribution in [0.4, 0.5) is 4.39 Å². The van der Waals surface area contributed by atoms with Gasteiger partial charge in [-0.15, -0.1) is 5.48 Å². The van der Waals surface area contributed by atoms with E-state index in [1.165, 1.54) is 20.8 Å². The van der Waals surface area contributed by atoms with Gasteiger partial charge in [0, 0.05) is 5.56 Å². The van der Waals surface area contributed by atoms with Crippen molar-refractivity contribution in [2.24, 2.45) is 4.99 Å². The molecule has 1 aliphatic rings. The van der Waals surface area contributed by atoms with Crippen molar-refractivity contribution in [3.05, 3.63) is 35.4 Å². The molecular formula is C13H15FN2O2. The maximum absolute atomic E-state index is 13.6. The van der Waals surface area contributed by atoms with Crippen molar-refractivity contribution >= 4 is 11.7 Å². The summed E-state index contributed by atoms with van der Waals surface area (Å²) < 4.78 is 13.6. The van der Waals surface area contributed by atoms with Gasteiger partial charge >= 0.3 is 0 Å². The summed E-state index contributed by atoms with van der Waals surface area (Å²) in [6.07, 6.45) is -0.434. The van der Waals surface area contributed by atoms with Crippen LogP contribution >= 0.6 is 0 Å². The van der Waals surface area contributed by atoms with Gasteiger partial charge in [-0.1, -0.05) is 24.3 Å². The zero-order valence-corrected chi connectivity index (χ0v) is 10.5. The molecule has 1 aromatic carbocycles. The second-order valence-corrected chi connectivity index (χ2v) is 4.71. The maximum atomic E-state index is 13.6. The van der Waals surface area contributed by atoms with E-state index in [1.54, 1.807) is 24.3 Å². The lowest BCUT2D eigenvalue weighted by Crippen LogP contribution is -2.28. The Labute approximate surface area is 105 Å². The molecule has 18 heavy (non-hydrogen) atoms. The van der Waals surface area contributed by atoms with Crippen molar-refractivity contribution in [1.29, 1.82) is 0 Å². The molecule has 5 heteroatoms. The number of aliphatic imine (C=N–C) groups is 1. The Hall–Kier alpha value is -1.75. The number of hydrogen-bond acceptors (Lipinski definition) is 4. The summed E-state index contributed by atoms with van der Waals surface area (Å²) in [5, 5.41) is 0. The van der Waals surface area contributed by atoms with Crippen LogP contribution in [0.3, 0.4) is 0 Å². The Morgan fingerprint density at radius 1 is 1.39 bits per heavy atom. The Morgan fingerprint density at radius 3 is 2.44 bits per heavy atom. The van der Waals surface area contributed by atoms with E-state index >= 15 is 0 Å². The van der Waals surface area contributed by atoms with E-state index in [1.807, 2.05) is 0 Å². The van der Waals surface area contributed by atoms with Crippen LogP contribution in [0.1, 0.15) is 42.9 Å². The highest BCUT2D eigenvalue weighted by molar-refractivity contribution is 5.94. The van der Waals surface area contributed by atoms with Crippen LogP contribution in [0.15, 0.2) is 29.3 Å². The number of rotatable bonds is 3. The number of hydroxylamine groups is 1. The average molecular weight is 250 g/mol. The van der Waals surface area contributed by atoms with Crippen LogP contribution in [-0.4, -0.2) is 17.3 Å². The minimum Gasteiger partial charge on any atom is -0.387 e. The van der Waals surface area contributed by atoms with Gasteiger partial charge in [-0.25, -0.2) is 9.38 Å². The summed E-state index contributed by atoms with van der Waals surface area (Å²) >= 11 is 0. The summed E-state index contributed by atoms with van der Waals surface area (Å²) in [5.74, 6) is 0.0365. The molecule has 0 aromatic heterocycles. The lowest BCUT2D eigenvalue weighted by atomic mass is 10.1. The molecule has 0 amide bonds. The fourth-order valence-corrected chi connectivity index (χ4v) is 1.60. The minimum atomic E-state index is -1.61. The predicted octanol–water partition coefficient (Wildman–Crippen LogP) is 2.57. The van der Waals surface area contributed by atoms with Crippen molar-refractivity contribution in [3.8, 4) is 0 Å². The largest absolute Gasteiger partial charge is 0.387 e. The predicted molar refractivity (Wildman–Crippen MR) is 66.0 cm³/mol. The van der Waals surface area contributed by atoms with Crippen LogP contribution in [0.5, 0.6) is 0 Å². The molecule has 0 saturated heterocycles. The normalized spacial score (nSPS) is 19.3. The van der Waals surface area contributed by atoms with E-state index in [4.69, 9.17) is 4.84 Å². The van der Waals surface area contributed by atoms with Crippen molar-refractivity contribution in [2.45, 2.75) is 32.6 Å². The van der Waals surface area contributed by atoms with Crippen molar-refractivity contribution < 1.29 is 14.0 Å². The fourth-order valence-electron chi connectivity index (χ4n) is 1.60. The minimum absolute atomic E-state index is 0.00580. The van der Waals surface area contributed by atoms with Crippen LogP contribution in [0.25, 0.3) is 0 Å². The summed E-state index contributed by atoms with van der Waals surface area (Å²) in [6.45, 7) is 4.28. The molecule has 0 bridgehead atoms. The molecule has 1 heterocycles. The van der Waals surface area contributed by atoms with Gasteiger partial charge in [-0.05, 0) is 26.3 Å². The third kappa shape index (κ3) is 2.56. The molecule has 1 aliphatic heterocycles. The molecule has 0 saturated carbocycles. The molecular weight excluding hydrogens is 235 g/mol. The Morgan fingerprint density at radius 2 is 2.00 bits per heavy atom. The topological polar surface area (TPSA) is 50.7 Å². The number of alkyl halides is 1. The second-order valence-electron chi connectivity index (χ2n) is 4.71. The molecule has 2 rings (SSSR count). The summed E-state index contributed by atoms with van der Waals surface area (Å²) in [5.41, 5.74) is 2.49. The van der Waals surface area contributed by atoms with E-state index < -0.39 is 11.8 Å². The highest BCUT2D eigenvalue weighted by Crippen LogP contribution is 2.24. The van der Waals surface area contributed by atoms with E-state index in [0.29, 0.717) is 5.56 Å². The summed E-state index contributed by atoms with van der Waals surface area (Å²) in [7, 11) is 0. The standard InChI is InChI=1S/C13H15FN2O2/c1-8(17)9-4-6-10(7-5-9)11-15-12(18-16-11)13(2,3)14/h4-7,11,16H,1-3H3. The number of halogens is 1. The average Bonchev–Trinajstić information content (AvgIpc) is 2.78. The van der Waals surface area contributed by atoms with E-state index in [2.05, 4.69) is 10.5 Å². The monoisotopic (exact) mass is 250 g/mol. The molecule has 0 aliphatic carbocycles. The van der Waals surface area contributed by atoms with Gasteiger partial charge in [0.15, 0.2) is 17.6 Å². The summed E-state index contributed by atoms with van der Waals surface area (Å²) in [4.78, 5) is 20.3. The highest BCUT2D eigenvalue weighted by atomic mass is 19.1.